The molecule has 0 aliphatic carbocycles. The fraction of sp³-hybridized carbons (Fsp3) is 0.407. The van der Waals surface area contributed by atoms with E-state index in [1.807, 2.05) is 19.2 Å². The Bertz CT molecular complexity index is 1070. The van der Waals surface area contributed by atoms with E-state index >= 15 is 0 Å². The molecule has 2 aromatic carbocycles. The summed E-state index contributed by atoms with van der Waals surface area (Å²) >= 11 is 0. The molecule has 7 heteroatoms. The Morgan fingerprint density at radius 2 is 1.79 bits per heavy atom. The van der Waals surface area contributed by atoms with Crippen molar-refractivity contribution in [2.75, 3.05) is 45.8 Å². The zero-order valence-electron chi connectivity index (χ0n) is 20.4. The minimum Gasteiger partial charge on any atom is -0.497 e. The molecule has 0 unspecified atom stereocenters. The van der Waals surface area contributed by atoms with Crippen molar-refractivity contribution in [2.24, 2.45) is 0 Å². The lowest BCUT2D eigenvalue weighted by Gasteiger charge is -2.25. The first-order valence-corrected chi connectivity index (χ1v) is 12.0. The second kappa shape index (κ2) is 11.9. The van der Waals surface area contributed by atoms with E-state index in [1.165, 1.54) is 5.56 Å². The summed E-state index contributed by atoms with van der Waals surface area (Å²) in [6, 6.07) is 16.9. The molecule has 1 aromatic heterocycles. The van der Waals surface area contributed by atoms with E-state index in [4.69, 9.17) is 19.4 Å². The van der Waals surface area contributed by atoms with Crippen LogP contribution in [0, 0.1) is 6.92 Å². The molecule has 3 N–H and O–H groups in total. The van der Waals surface area contributed by atoms with Gasteiger partial charge in [0.15, 0.2) is 5.82 Å². The van der Waals surface area contributed by atoms with Crippen LogP contribution in [0.3, 0.4) is 0 Å². The normalized spacial score (nSPS) is 14.2. The minimum atomic E-state index is 0.349. The van der Waals surface area contributed by atoms with Crippen LogP contribution in [0.25, 0.3) is 22.6 Å². The maximum absolute atomic E-state index is 5.54. The second-order valence-electron chi connectivity index (χ2n) is 8.61. The number of hydrogen-bond donors (Lipinski definition) is 3. The van der Waals surface area contributed by atoms with Gasteiger partial charge in [0.2, 0.25) is 0 Å². The van der Waals surface area contributed by atoms with Crippen LogP contribution in [0.4, 0.5) is 5.82 Å². The molecule has 0 spiro atoms. The van der Waals surface area contributed by atoms with E-state index < -0.39 is 0 Å². The number of rotatable bonds is 10. The van der Waals surface area contributed by atoms with Gasteiger partial charge in [-0.25, -0.2) is 9.97 Å². The summed E-state index contributed by atoms with van der Waals surface area (Å²) in [7, 11) is 3.64. The molecule has 0 radical (unpaired) electrons. The lowest BCUT2D eigenvalue weighted by molar-refractivity contribution is 0.0904. The van der Waals surface area contributed by atoms with Gasteiger partial charge < -0.3 is 25.4 Å². The van der Waals surface area contributed by atoms with Gasteiger partial charge in [-0.2, -0.15) is 0 Å². The molecule has 0 amide bonds. The first-order chi connectivity index (χ1) is 16.7. The number of anilines is 1. The number of likely N-dealkylation sites (N-methyl/N-ethyl adjacent to an activating group) is 1. The van der Waals surface area contributed by atoms with Gasteiger partial charge in [0.05, 0.1) is 12.8 Å². The van der Waals surface area contributed by atoms with Gasteiger partial charge in [-0.15, -0.1) is 0 Å². The number of aromatic nitrogens is 2. The third-order valence-electron chi connectivity index (χ3n) is 6.14. The van der Waals surface area contributed by atoms with Crippen LogP contribution < -0.4 is 20.7 Å². The third-order valence-corrected chi connectivity index (χ3v) is 6.14. The van der Waals surface area contributed by atoms with Crippen molar-refractivity contribution in [3.05, 3.63) is 59.7 Å². The van der Waals surface area contributed by atoms with Crippen molar-refractivity contribution in [1.82, 2.24) is 20.6 Å². The average Bonchev–Trinajstić information content (AvgIpc) is 2.89. The van der Waals surface area contributed by atoms with Crippen molar-refractivity contribution < 1.29 is 9.47 Å². The van der Waals surface area contributed by atoms with Gasteiger partial charge in [-0.3, -0.25) is 0 Å². The molecule has 1 saturated heterocycles. The molecule has 1 aliphatic rings. The molecule has 1 fully saturated rings. The highest BCUT2D eigenvalue weighted by Gasteiger charge is 2.19. The Hall–Kier alpha value is -3.00. The molecular weight excluding hydrogens is 426 g/mol. The van der Waals surface area contributed by atoms with E-state index in [0.717, 1.165) is 85.5 Å². The Balaban J connectivity index is 1.69. The standard InChI is InChI=1S/C27H35N5O2/c1-19-25(21-7-9-24(33-3)10-8-21)31-27(32-26(19)30-23-11-15-34-16-12-23)22-6-4-5-20(17-22)18-29-14-13-28-2/h4-10,17,23,28-29H,11-16,18H2,1-3H3,(H,30,31,32). The molecule has 180 valence electrons. The van der Waals surface area contributed by atoms with Crippen LogP contribution in [0.15, 0.2) is 48.5 Å². The van der Waals surface area contributed by atoms with Gasteiger partial charge in [0, 0.05) is 55.6 Å². The largest absolute Gasteiger partial charge is 0.497 e. The Morgan fingerprint density at radius 1 is 1.00 bits per heavy atom. The topological polar surface area (TPSA) is 80.3 Å². The Labute approximate surface area is 202 Å². The molecule has 0 saturated carbocycles. The van der Waals surface area contributed by atoms with E-state index in [2.05, 4.69) is 59.3 Å². The first kappa shape index (κ1) is 24.1. The van der Waals surface area contributed by atoms with Crippen LogP contribution in [-0.2, 0) is 11.3 Å². The first-order valence-electron chi connectivity index (χ1n) is 12.0. The van der Waals surface area contributed by atoms with Crippen molar-refractivity contribution in [2.45, 2.75) is 32.4 Å². The summed E-state index contributed by atoms with van der Waals surface area (Å²) in [5, 5.41) is 10.3. The predicted octanol–water partition coefficient (Wildman–Crippen LogP) is 4.03. The van der Waals surface area contributed by atoms with Gasteiger partial charge in [0.1, 0.15) is 11.6 Å². The zero-order chi connectivity index (χ0) is 23.8. The average molecular weight is 462 g/mol. The Kier molecular flexibility index (Phi) is 8.46. The van der Waals surface area contributed by atoms with Crippen LogP contribution in [0.1, 0.15) is 24.0 Å². The summed E-state index contributed by atoms with van der Waals surface area (Å²) in [5.41, 5.74) is 5.24. The smallest absolute Gasteiger partial charge is 0.162 e. The van der Waals surface area contributed by atoms with E-state index in [1.54, 1.807) is 7.11 Å². The second-order valence-corrected chi connectivity index (χ2v) is 8.61. The highest BCUT2D eigenvalue weighted by atomic mass is 16.5. The van der Waals surface area contributed by atoms with Gasteiger partial charge >= 0.3 is 0 Å². The lowest BCUT2D eigenvalue weighted by Crippen LogP contribution is -2.28. The van der Waals surface area contributed by atoms with E-state index in [0.29, 0.717) is 6.04 Å². The maximum Gasteiger partial charge on any atom is 0.162 e. The fourth-order valence-corrected chi connectivity index (χ4v) is 4.12. The molecule has 7 nitrogen and oxygen atoms in total. The van der Waals surface area contributed by atoms with Crippen LogP contribution in [-0.4, -0.2) is 56.5 Å². The lowest BCUT2D eigenvalue weighted by atomic mass is 10.0. The Morgan fingerprint density at radius 3 is 2.53 bits per heavy atom. The third kappa shape index (κ3) is 6.11. The van der Waals surface area contributed by atoms with Crippen LogP contribution in [0.2, 0.25) is 0 Å². The summed E-state index contributed by atoms with van der Waals surface area (Å²) in [4.78, 5) is 10.0. The molecular formula is C27H35N5O2. The summed E-state index contributed by atoms with van der Waals surface area (Å²) in [6.45, 7) is 6.31. The van der Waals surface area contributed by atoms with E-state index in [-0.39, 0.29) is 0 Å². The van der Waals surface area contributed by atoms with Gasteiger partial charge in [-0.05, 0) is 62.7 Å². The molecule has 3 aromatic rings. The van der Waals surface area contributed by atoms with Crippen molar-refractivity contribution >= 4 is 5.82 Å². The van der Waals surface area contributed by atoms with Crippen LogP contribution >= 0.6 is 0 Å². The number of benzene rings is 2. The summed E-state index contributed by atoms with van der Waals surface area (Å²) in [5.74, 6) is 2.44. The highest BCUT2D eigenvalue weighted by molar-refractivity contribution is 5.72. The summed E-state index contributed by atoms with van der Waals surface area (Å²) in [6.07, 6.45) is 1.95. The predicted molar refractivity (Wildman–Crippen MR) is 137 cm³/mol. The van der Waals surface area contributed by atoms with Gasteiger partial charge in [0.25, 0.3) is 0 Å². The van der Waals surface area contributed by atoms with Crippen molar-refractivity contribution in [3.63, 3.8) is 0 Å². The molecule has 2 heterocycles. The molecule has 1 aliphatic heterocycles. The van der Waals surface area contributed by atoms with E-state index in [9.17, 15) is 0 Å². The number of hydrogen-bond acceptors (Lipinski definition) is 7. The number of nitrogens with zero attached hydrogens (tertiary/aromatic N) is 2. The number of methoxy groups -OCH3 is 1. The zero-order valence-corrected chi connectivity index (χ0v) is 20.4. The van der Waals surface area contributed by atoms with Gasteiger partial charge in [-0.1, -0.05) is 18.2 Å². The van der Waals surface area contributed by atoms with Crippen LogP contribution in [0.5, 0.6) is 5.75 Å². The molecule has 34 heavy (non-hydrogen) atoms. The summed E-state index contributed by atoms with van der Waals surface area (Å²) < 4.78 is 10.9. The minimum absolute atomic E-state index is 0.349. The monoisotopic (exact) mass is 461 g/mol. The quantitative estimate of drug-likeness (QED) is 0.393. The van der Waals surface area contributed by atoms with Crippen molar-refractivity contribution in [1.29, 1.82) is 0 Å². The fourth-order valence-electron chi connectivity index (χ4n) is 4.12. The number of nitrogens with one attached hydrogen (secondary N) is 3. The maximum atomic E-state index is 5.54. The molecule has 4 rings (SSSR count). The SMILES string of the molecule is CNCCNCc1cccc(-c2nc(NC3CCOCC3)c(C)c(-c3ccc(OC)cc3)n2)c1. The molecule has 0 bridgehead atoms. The number of ether oxygens (including phenoxy) is 2. The molecule has 0 atom stereocenters. The highest BCUT2D eigenvalue weighted by Crippen LogP contribution is 2.31. The van der Waals surface area contributed by atoms with Crippen molar-refractivity contribution in [3.8, 4) is 28.4 Å².